The zero-order valence-corrected chi connectivity index (χ0v) is 14.4. The van der Waals surface area contributed by atoms with E-state index in [-0.39, 0.29) is 10.8 Å². The molecule has 2 aromatic rings. The number of hydrogen-bond acceptors (Lipinski definition) is 6. The Morgan fingerprint density at radius 2 is 2.00 bits per heavy atom. The van der Waals surface area contributed by atoms with Gasteiger partial charge in [0, 0.05) is 16.3 Å². The van der Waals surface area contributed by atoms with Crippen molar-refractivity contribution in [2.24, 2.45) is 0 Å². The largest absolute Gasteiger partial charge is 0.368 e. The third kappa shape index (κ3) is 4.60. The van der Waals surface area contributed by atoms with Crippen molar-refractivity contribution in [1.29, 1.82) is 0 Å². The highest BCUT2D eigenvalue weighted by Crippen LogP contribution is 2.22. The molecule has 0 aliphatic rings. The highest BCUT2D eigenvalue weighted by Gasteiger charge is 2.27. The molecule has 10 heteroatoms. The summed E-state index contributed by atoms with van der Waals surface area (Å²) in [4.78, 5) is 4.12. The lowest BCUT2D eigenvalue weighted by Gasteiger charge is -2.25. The molecule has 0 bridgehead atoms. The number of thioether (sulfide) groups is 1. The third-order valence-electron chi connectivity index (χ3n) is 2.58. The number of benzene rings is 1. The van der Waals surface area contributed by atoms with Crippen LogP contribution < -0.4 is 10.5 Å². The molecule has 0 spiro atoms. The normalized spacial score (nSPS) is 12.5. The number of hydrogen-bond donors (Lipinski definition) is 3. The van der Waals surface area contributed by atoms with Crippen molar-refractivity contribution in [3.63, 3.8) is 0 Å². The smallest absolute Gasteiger partial charge is 0.241 e. The molecule has 1 aromatic heterocycles. The van der Waals surface area contributed by atoms with Crippen LogP contribution >= 0.6 is 23.4 Å². The Labute approximate surface area is 138 Å². The van der Waals surface area contributed by atoms with E-state index in [4.69, 9.17) is 17.3 Å². The van der Waals surface area contributed by atoms with E-state index in [1.165, 1.54) is 36.0 Å². The van der Waals surface area contributed by atoms with Gasteiger partial charge in [0.1, 0.15) is 0 Å². The number of H-pyrrole nitrogens is 1. The van der Waals surface area contributed by atoms with Crippen LogP contribution in [0.5, 0.6) is 0 Å². The van der Waals surface area contributed by atoms with Crippen molar-refractivity contribution in [2.75, 3.05) is 11.5 Å². The maximum Gasteiger partial charge on any atom is 0.241 e. The van der Waals surface area contributed by atoms with Crippen LogP contribution in [-0.2, 0) is 10.0 Å². The summed E-state index contributed by atoms with van der Waals surface area (Å²) >= 11 is 7.07. The van der Waals surface area contributed by atoms with Gasteiger partial charge in [0.15, 0.2) is 0 Å². The summed E-state index contributed by atoms with van der Waals surface area (Å²) in [7, 11) is -3.63. The lowest BCUT2D eigenvalue weighted by atomic mass is 10.1. The van der Waals surface area contributed by atoms with Crippen molar-refractivity contribution in [1.82, 2.24) is 19.9 Å². The van der Waals surface area contributed by atoms with Gasteiger partial charge in [-0.2, -0.15) is 4.98 Å². The molecule has 120 valence electrons. The van der Waals surface area contributed by atoms with E-state index < -0.39 is 15.6 Å². The first-order chi connectivity index (χ1) is 10.2. The minimum atomic E-state index is -3.63. The quantitative estimate of drug-likeness (QED) is 0.677. The van der Waals surface area contributed by atoms with Crippen LogP contribution in [0.1, 0.15) is 13.8 Å². The van der Waals surface area contributed by atoms with Gasteiger partial charge in [-0.05, 0) is 38.1 Å². The summed E-state index contributed by atoms with van der Waals surface area (Å²) in [6.45, 7) is 3.56. The van der Waals surface area contributed by atoms with Crippen LogP contribution in [0, 0.1) is 0 Å². The van der Waals surface area contributed by atoms with Crippen LogP contribution in [0.4, 0.5) is 5.95 Å². The molecule has 0 amide bonds. The lowest BCUT2D eigenvalue weighted by Crippen LogP contribution is -2.45. The van der Waals surface area contributed by atoms with Crippen LogP contribution in [0.25, 0.3) is 0 Å². The van der Waals surface area contributed by atoms with Crippen LogP contribution in [-0.4, -0.2) is 34.9 Å². The number of nitrogens with zero attached hydrogens (tertiary/aromatic N) is 2. The van der Waals surface area contributed by atoms with Gasteiger partial charge in [-0.15, -0.1) is 5.10 Å². The Bertz CT molecular complexity index is 743. The molecule has 1 aromatic carbocycles. The predicted octanol–water partition coefficient (Wildman–Crippen LogP) is 1.89. The van der Waals surface area contributed by atoms with Gasteiger partial charge in [0.25, 0.3) is 0 Å². The maximum absolute atomic E-state index is 12.4. The van der Waals surface area contributed by atoms with Crippen LogP contribution in [0.3, 0.4) is 0 Å². The molecule has 22 heavy (non-hydrogen) atoms. The van der Waals surface area contributed by atoms with Crippen molar-refractivity contribution in [3.8, 4) is 0 Å². The lowest BCUT2D eigenvalue weighted by molar-refractivity contribution is 0.498. The highest BCUT2D eigenvalue weighted by molar-refractivity contribution is 7.99. The van der Waals surface area contributed by atoms with Gasteiger partial charge in [-0.25, -0.2) is 18.2 Å². The summed E-state index contributed by atoms with van der Waals surface area (Å²) in [5, 5.41) is 7.37. The molecule has 7 nitrogen and oxygen atoms in total. The minimum absolute atomic E-state index is 0.164. The zero-order valence-electron chi connectivity index (χ0n) is 12.0. The first-order valence-electron chi connectivity index (χ1n) is 6.28. The zero-order chi connectivity index (χ0) is 16.4. The molecule has 0 aliphatic carbocycles. The summed E-state index contributed by atoms with van der Waals surface area (Å²) in [6.07, 6.45) is 0. The fourth-order valence-corrected chi connectivity index (χ4v) is 4.10. The average molecular weight is 362 g/mol. The van der Waals surface area contributed by atoms with E-state index >= 15 is 0 Å². The van der Waals surface area contributed by atoms with Crippen molar-refractivity contribution in [2.45, 2.75) is 29.4 Å². The number of nitrogen functional groups attached to an aromatic ring is 1. The van der Waals surface area contributed by atoms with E-state index in [2.05, 4.69) is 19.9 Å². The third-order valence-corrected chi connectivity index (χ3v) is 5.85. The average Bonchev–Trinajstić information content (AvgIpc) is 2.82. The monoisotopic (exact) mass is 361 g/mol. The van der Waals surface area contributed by atoms with Gasteiger partial charge in [0.05, 0.1) is 4.90 Å². The maximum atomic E-state index is 12.4. The van der Waals surface area contributed by atoms with Gasteiger partial charge < -0.3 is 5.73 Å². The van der Waals surface area contributed by atoms with Crippen molar-refractivity contribution >= 4 is 39.3 Å². The molecular weight excluding hydrogens is 346 g/mol. The minimum Gasteiger partial charge on any atom is -0.368 e. The number of rotatable bonds is 6. The molecule has 0 fully saturated rings. The summed E-state index contributed by atoms with van der Waals surface area (Å²) in [5.41, 5.74) is 4.75. The molecule has 0 aliphatic heterocycles. The summed E-state index contributed by atoms with van der Waals surface area (Å²) in [5.74, 6) is 0.666. The van der Waals surface area contributed by atoms with Crippen molar-refractivity contribution < 1.29 is 8.42 Å². The number of nitrogens with one attached hydrogen (secondary N) is 2. The van der Waals surface area contributed by atoms with E-state index in [1.54, 1.807) is 13.8 Å². The second-order valence-corrected chi connectivity index (χ2v) is 8.30. The van der Waals surface area contributed by atoms with Gasteiger partial charge in [-0.3, -0.25) is 0 Å². The standard InChI is InChI=1S/C12H16ClN5O2S2/c1-12(2,7-21-11-15-10(14)16-17-11)18-22(19,20)9-5-3-8(13)4-6-9/h3-6,18H,7H2,1-2H3,(H3,14,15,16,17). The van der Waals surface area contributed by atoms with Gasteiger partial charge in [-0.1, -0.05) is 23.4 Å². The second kappa shape index (κ2) is 6.45. The number of halogens is 1. The van der Waals surface area contributed by atoms with E-state index in [9.17, 15) is 8.42 Å². The predicted molar refractivity (Wildman–Crippen MR) is 87.4 cm³/mol. The summed E-state index contributed by atoms with van der Waals surface area (Å²) in [6, 6.07) is 6.00. The Kier molecular flexibility index (Phi) is 5.00. The fourth-order valence-electron chi connectivity index (χ4n) is 1.63. The molecule has 0 radical (unpaired) electrons. The van der Waals surface area contributed by atoms with Crippen LogP contribution in [0.2, 0.25) is 5.02 Å². The van der Waals surface area contributed by atoms with E-state index in [0.717, 1.165) is 0 Å². The number of sulfonamides is 1. The molecule has 4 N–H and O–H groups in total. The molecule has 1 heterocycles. The Hall–Kier alpha value is -1.29. The molecule has 0 atom stereocenters. The van der Waals surface area contributed by atoms with Crippen LogP contribution in [0.15, 0.2) is 34.3 Å². The Morgan fingerprint density at radius 3 is 2.55 bits per heavy atom. The number of nitrogens with two attached hydrogens (primary N) is 1. The SMILES string of the molecule is CC(C)(CSc1n[nH]c(N)n1)NS(=O)(=O)c1ccc(Cl)cc1. The van der Waals surface area contributed by atoms with Gasteiger partial charge in [0.2, 0.25) is 21.1 Å². The molecule has 0 saturated heterocycles. The number of anilines is 1. The first kappa shape index (κ1) is 17.1. The topological polar surface area (TPSA) is 114 Å². The fraction of sp³-hybridized carbons (Fsp3) is 0.333. The second-order valence-electron chi connectivity index (χ2n) is 5.24. The molecule has 0 saturated carbocycles. The first-order valence-corrected chi connectivity index (χ1v) is 9.13. The molecule has 2 rings (SSSR count). The van der Waals surface area contributed by atoms with Crippen molar-refractivity contribution in [3.05, 3.63) is 29.3 Å². The summed E-state index contributed by atoms with van der Waals surface area (Å²) < 4.78 is 27.4. The van der Waals surface area contributed by atoms with Gasteiger partial charge >= 0.3 is 0 Å². The Morgan fingerprint density at radius 1 is 1.36 bits per heavy atom. The Balaban J connectivity index is 2.04. The van der Waals surface area contributed by atoms with E-state index in [0.29, 0.717) is 15.9 Å². The number of aromatic amines is 1. The number of aromatic nitrogens is 3. The van der Waals surface area contributed by atoms with E-state index in [1.807, 2.05) is 0 Å². The molecular formula is C12H16ClN5O2S2. The molecule has 0 unspecified atom stereocenters. The highest BCUT2D eigenvalue weighted by atomic mass is 35.5.